The first kappa shape index (κ1) is 70.3. The topological polar surface area (TPSA) is 95.9 Å². The van der Waals surface area contributed by atoms with E-state index in [4.69, 9.17) is 4.74 Å². The fraction of sp³-hybridized carbons (Fsp3) is 0.909. The Morgan fingerprint density at radius 3 is 1.03 bits per heavy atom. The number of ether oxygens (including phenoxy) is 1. The van der Waals surface area contributed by atoms with Crippen LogP contribution in [0.5, 0.6) is 0 Å². The van der Waals surface area contributed by atoms with E-state index in [1.165, 1.54) is 283 Å². The summed E-state index contributed by atoms with van der Waals surface area (Å²) in [6, 6.07) is -0.538. The van der Waals surface area contributed by atoms with Crippen molar-refractivity contribution >= 4 is 11.9 Å². The summed E-state index contributed by atoms with van der Waals surface area (Å²) in [5.74, 6) is -0.0240. The molecule has 6 heteroatoms. The SMILES string of the molecule is CCCC/C=C\CCCCCCCC(=O)OCCCCCCCCCCCCCC/C=C\CCCCCCCCCCCCCCCCCCC(=O)NC(CO)C(O)CCCCCCCCCCCCCC. The zero-order valence-corrected chi connectivity index (χ0v) is 48.7. The van der Waals surface area contributed by atoms with Gasteiger partial charge in [-0.1, -0.05) is 301 Å². The molecule has 0 aliphatic rings. The first-order chi connectivity index (χ1) is 35.5. The molecule has 0 bridgehead atoms. The minimum atomic E-state index is -0.661. The lowest BCUT2D eigenvalue weighted by molar-refractivity contribution is -0.143. The normalized spacial score (nSPS) is 12.7. The molecule has 0 saturated heterocycles. The van der Waals surface area contributed by atoms with Gasteiger partial charge in [0.2, 0.25) is 5.91 Å². The van der Waals surface area contributed by atoms with Crippen LogP contribution in [-0.4, -0.2) is 47.4 Å². The standard InChI is InChI=1S/C66H127NO5/c1-3-5-7-9-11-13-15-39-42-46-50-54-58-64(69)63(62-68)67-65(70)59-55-51-47-43-40-36-34-32-30-28-26-24-22-20-18-16-17-19-21-23-25-27-29-31-33-35-37-41-45-49-53-57-61-72-66(71)60-56-52-48-44-38-14-12-10-8-6-4-2/h10,12,19,21,63-64,68-69H,3-9,11,13-18,20,22-62H2,1-2H3,(H,67,70)/b12-10-,21-19-. The fourth-order valence-electron chi connectivity index (χ4n) is 10.2. The maximum absolute atomic E-state index is 12.5. The summed E-state index contributed by atoms with van der Waals surface area (Å²) in [4.78, 5) is 24.5. The van der Waals surface area contributed by atoms with Crippen LogP contribution in [0.15, 0.2) is 24.3 Å². The summed E-state index contributed by atoms with van der Waals surface area (Å²) >= 11 is 0. The van der Waals surface area contributed by atoms with E-state index in [0.29, 0.717) is 25.9 Å². The molecule has 426 valence electrons. The number of nitrogens with one attached hydrogen (secondary N) is 1. The highest BCUT2D eigenvalue weighted by Gasteiger charge is 2.20. The van der Waals surface area contributed by atoms with Gasteiger partial charge >= 0.3 is 5.97 Å². The van der Waals surface area contributed by atoms with Gasteiger partial charge < -0.3 is 20.3 Å². The lowest BCUT2D eigenvalue weighted by Gasteiger charge is -2.22. The number of unbranched alkanes of at least 4 members (excludes halogenated alkanes) is 46. The van der Waals surface area contributed by atoms with Gasteiger partial charge in [-0.3, -0.25) is 9.59 Å². The van der Waals surface area contributed by atoms with Gasteiger partial charge in [0.05, 0.1) is 25.4 Å². The summed E-state index contributed by atoms with van der Waals surface area (Å²) in [7, 11) is 0. The number of carbonyl (C=O) groups excluding carboxylic acids is 2. The van der Waals surface area contributed by atoms with Gasteiger partial charge in [-0.25, -0.2) is 0 Å². The summed E-state index contributed by atoms with van der Waals surface area (Å²) in [5.41, 5.74) is 0. The van der Waals surface area contributed by atoms with Crippen LogP contribution in [0.4, 0.5) is 0 Å². The first-order valence-electron chi connectivity index (χ1n) is 32.6. The Bertz CT molecular complexity index is 1120. The van der Waals surface area contributed by atoms with Crippen molar-refractivity contribution in [2.24, 2.45) is 0 Å². The molecule has 0 saturated carbocycles. The average Bonchev–Trinajstić information content (AvgIpc) is 3.38. The third kappa shape index (κ3) is 57.6. The van der Waals surface area contributed by atoms with Gasteiger partial charge in [0.15, 0.2) is 0 Å². The lowest BCUT2D eigenvalue weighted by Crippen LogP contribution is -2.45. The van der Waals surface area contributed by atoms with Crippen molar-refractivity contribution in [3.63, 3.8) is 0 Å². The van der Waals surface area contributed by atoms with Crippen LogP contribution in [0.1, 0.15) is 361 Å². The highest BCUT2D eigenvalue weighted by molar-refractivity contribution is 5.76. The van der Waals surface area contributed by atoms with E-state index < -0.39 is 12.1 Å². The van der Waals surface area contributed by atoms with Crippen LogP contribution >= 0.6 is 0 Å². The van der Waals surface area contributed by atoms with Crippen LogP contribution in [-0.2, 0) is 14.3 Å². The van der Waals surface area contributed by atoms with E-state index in [1.807, 2.05) is 0 Å². The molecule has 0 aliphatic heterocycles. The molecule has 0 aromatic rings. The lowest BCUT2D eigenvalue weighted by atomic mass is 10.0. The quantitative estimate of drug-likeness (QED) is 0.0320. The van der Waals surface area contributed by atoms with Crippen molar-refractivity contribution in [2.45, 2.75) is 373 Å². The molecule has 0 fully saturated rings. The molecule has 0 radical (unpaired) electrons. The third-order valence-electron chi connectivity index (χ3n) is 15.2. The largest absolute Gasteiger partial charge is 0.466 e. The molecular formula is C66H127NO5. The van der Waals surface area contributed by atoms with Gasteiger partial charge in [0, 0.05) is 12.8 Å². The van der Waals surface area contributed by atoms with Crippen molar-refractivity contribution < 1.29 is 24.5 Å². The summed E-state index contributed by atoms with van der Waals surface area (Å²) in [5, 5.41) is 23.2. The van der Waals surface area contributed by atoms with Crippen molar-refractivity contribution in [3.05, 3.63) is 24.3 Å². The first-order valence-corrected chi connectivity index (χ1v) is 32.6. The van der Waals surface area contributed by atoms with Gasteiger partial charge in [0.25, 0.3) is 0 Å². The molecule has 2 unspecified atom stereocenters. The smallest absolute Gasteiger partial charge is 0.305 e. The summed E-state index contributed by atoms with van der Waals surface area (Å²) in [6.07, 6.45) is 76.5. The van der Waals surface area contributed by atoms with E-state index >= 15 is 0 Å². The molecule has 2 atom stereocenters. The van der Waals surface area contributed by atoms with Gasteiger partial charge in [-0.2, -0.15) is 0 Å². The molecule has 0 aliphatic carbocycles. The fourth-order valence-corrected chi connectivity index (χ4v) is 10.2. The number of hydrogen-bond acceptors (Lipinski definition) is 5. The Hall–Kier alpha value is -1.66. The Morgan fingerprint density at radius 1 is 0.375 bits per heavy atom. The van der Waals surface area contributed by atoms with E-state index in [1.54, 1.807) is 0 Å². The second-order valence-electron chi connectivity index (χ2n) is 22.4. The maximum atomic E-state index is 12.5. The van der Waals surface area contributed by atoms with Crippen LogP contribution in [0.3, 0.4) is 0 Å². The van der Waals surface area contributed by atoms with E-state index in [2.05, 4.69) is 43.5 Å². The van der Waals surface area contributed by atoms with E-state index in [9.17, 15) is 19.8 Å². The highest BCUT2D eigenvalue weighted by Crippen LogP contribution is 2.18. The predicted octanol–water partition coefficient (Wildman–Crippen LogP) is 20.6. The number of allylic oxidation sites excluding steroid dienone is 4. The molecule has 0 rings (SSSR count). The molecule has 0 aromatic carbocycles. The number of hydrogen-bond donors (Lipinski definition) is 3. The molecule has 0 spiro atoms. The van der Waals surface area contributed by atoms with Crippen LogP contribution in [0.2, 0.25) is 0 Å². The van der Waals surface area contributed by atoms with Crippen molar-refractivity contribution in [1.82, 2.24) is 5.32 Å². The van der Waals surface area contributed by atoms with Crippen molar-refractivity contribution in [2.75, 3.05) is 13.2 Å². The van der Waals surface area contributed by atoms with Crippen molar-refractivity contribution in [3.8, 4) is 0 Å². The van der Waals surface area contributed by atoms with Gasteiger partial charge in [0.1, 0.15) is 0 Å². The highest BCUT2D eigenvalue weighted by atomic mass is 16.5. The minimum absolute atomic E-state index is 0.00725. The monoisotopic (exact) mass is 1010 g/mol. The van der Waals surface area contributed by atoms with Crippen LogP contribution in [0.25, 0.3) is 0 Å². The number of aliphatic hydroxyl groups is 2. The molecule has 6 nitrogen and oxygen atoms in total. The molecule has 1 amide bonds. The molecule has 0 aromatic heterocycles. The maximum Gasteiger partial charge on any atom is 0.305 e. The number of aliphatic hydroxyl groups excluding tert-OH is 2. The van der Waals surface area contributed by atoms with Gasteiger partial charge in [-0.05, 0) is 70.6 Å². The zero-order chi connectivity index (χ0) is 52.2. The second-order valence-corrected chi connectivity index (χ2v) is 22.4. The summed E-state index contributed by atoms with van der Waals surface area (Å²) < 4.78 is 5.46. The number of rotatable bonds is 61. The molecule has 72 heavy (non-hydrogen) atoms. The summed E-state index contributed by atoms with van der Waals surface area (Å²) in [6.45, 7) is 4.93. The Labute approximate surface area is 450 Å². The predicted molar refractivity (Wildman–Crippen MR) is 315 cm³/mol. The Morgan fingerprint density at radius 2 is 0.667 bits per heavy atom. The van der Waals surface area contributed by atoms with E-state index in [-0.39, 0.29) is 18.5 Å². The molecule has 0 heterocycles. The van der Waals surface area contributed by atoms with Crippen molar-refractivity contribution in [1.29, 1.82) is 0 Å². The van der Waals surface area contributed by atoms with Gasteiger partial charge in [-0.15, -0.1) is 0 Å². The van der Waals surface area contributed by atoms with E-state index in [0.717, 1.165) is 44.9 Å². The molecular weight excluding hydrogens is 887 g/mol. The molecule has 3 N–H and O–H groups in total. The second kappa shape index (κ2) is 61.9. The minimum Gasteiger partial charge on any atom is -0.466 e. The number of esters is 1. The number of amides is 1. The van der Waals surface area contributed by atoms with Crippen LogP contribution < -0.4 is 5.32 Å². The third-order valence-corrected chi connectivity index (χ3v) is 15.2. The average molecular weight is 1010 g/mol. The zero-order valence-electron chi connectivity index (χ0n) is 48.7. The number of carbonyl (C=O) groups is 2. The Balaban J connectivity index is 3.34. The Kier molecular flexibility index (Phi) is 60.5. The van der Waals surface area contributed by atoms with Crippen LogP contribution in [0, 0.1) is 0 Å².